The van der Waals surface area contributed by atoms with Crippen molar-refractivity contribution in [1.82, 2.24) is 0 Å². The van der Waals surface area contributed by atoms with Gasteiger partial charge in [-0.1, -0.05) is 147 Å². The first kappa shape index (κ1) is 52.5. The molecule has 0 saturated carbocycles. The molecule has 0 N–H and O–H groups in total. The molecule has 0 saturated heterocycles. The number of phosphoric acid groups is 1. The molecule has 2 atom stereocenters. The first-order valence-corrected chi connectivity index (χ1v) is 23.5. The van der Waals surface area contributed by atoms with E-state index < -0.39 is 26.5 Å². The van der Waals surface area contributed by atoms with Gasteiger partial charge < -0.3 is 27.9 Å². The summed E-state index contributed by atoms with van der Waals surface area (Å²) in [4.78, 5) is 37.5. The van der Waals surface area contributed by atoms with Gasteiger partial charge in [0.25, 0.3) is 7.82 Å². The van der Waals surface area contributed by atoms with Crippen molar-refractivity contribution in [2.45, 2.75) is 199 Å². The Morgan fingerprint density at radius 2 is 1.04 bits per heavy atom. The second-order valence-corrected chi connectivity index (χ2v) is 17.6. The molecule has 318 valence electrons. The maximum atomic E-state index is 12.6. The van der Waals surface area contributed by atoms with E-state index in [0.717, 1.165) is 44.9 Å². The molecule has 0 rings (SSSR count). The van der Waals surface area contributed by atoms with Gasteiger partial charge in [0, 0.05) is 12.8 Å². The maximum absolute atomic E-state index is 12.6. The molecule has 10 heteroatoms. The van der Waals surface area contributed by atoms with Gasteiger partial charge in [-0.15, -0.1) is 6.58 Å². The summed E-state index contributed by atoms with van der Waals surface area (Å²) in [7, 11) is 1.16. The summed E-state index contributed by atoms with van der Waals surface area (Å²) in [6.07, 6.45) is 38.1. The molecule has 0 aliphatic rings. The molecule has 54 heavy (non-hydrogen) atoms. The number of quaternary nitrogens is 1. The summed E-state index contributed by atoms with van der Waals surface area (Å²) >= 11 is 0. The van der Waals surface area contributed by atoms with Crippen LogP contribution < -0.4 is 4.89 Å². The smallest absolute Gasteiger partial charge is 0.306 e. The van der Waals surface area contributed by atoms with Crippen molar-refractivity contribution in [2.24, 2.45) is 0 Å². The summed E-state index contributed by atoms with van der Waals surface area (Å²) < 4.78 is 33.9. The van der Waals surface area contributed by atoms with E-state index in [9.17, 15) is 19.0 Å². The second kappa shape index (κ2) is 37.1. The quantitative estimate of drug-likeness (QED) is 0.0198. The number of unbranched alkanes of at least 4 members (excludes halogenated alkanes) is 24. The van der Waals surface area contributed by atoms with E-state index in [0.29, 0.717) is 17.4 Å². The fraction of sp³-hybridized carbons (Fsp3) is 0.864. The zero-order valence-electron chi connectivity index (χ0n) is 35.5. The lowest BCUT2D eigenvalue weighted by Gasteiger charge is -2.28. The number of ether oxygens (including phenoxy) is 2. The highest BCUT2D eigenvalue weighted by molar-refractivity contribution is 7.45. The largest absolute Gasteiger partial charge is 0.756 e. The Kier molecular flexibility index (Phi) is 36.1. The van der Waals surface area contributed by atoms with Crippen LogP contribution in [0.3, 0.4) is 0 Å². The molecule has 0 radical (unpaired) electrons. The summed E-state index contributed by atoms with van der Waals surface area (Å²) in [6.45, 7) is 5.73. The number of hydrogen-bond donors (Lipinski definition) is 0. The fourth-order valence-electron chi connectivity index (χ4n) is 6.10. The summed E-state index contributed by atoms with van der Waals surface area (Å²) in [5, 5.41) is 0. The third kappa shape index (κ3) is 40.2. The van der Waals surface area contributed by atoms with E-state index in [1.807, 2.05) is 27.2 Å². The molecule has 0 fully saturated rings. The number of likely N-dealkylation sites (N-methyl/N-ethyl adjacent to an activating group) is 1. The van der Waals surface area contributed by atoms with Crippen LogP contribution in [0.4, 0.5) is 0 Å². The van der Waals surface area contributed by atoms with Gasteiger partial charge in [-0.3, -0.25) is 14.2 Å². The van der Waals surface area contributed by atoms with E-state index in [1.54, 1.807) is 0 Å². The lowest BCUT2D eigenvalue weighted by molar-refractivity contribution is -0.870. The van der Waals surface area contributed by atoms with Gasteiger partial charge in [0.15, 0.2) is 6.10 Å². The molecular weight excluding hydrogens is 701 g/mol. The Bertz CT molecular complexity index is 967. The van der Waals surface area contributed by atoms with Crippen LogP contribution in [-0.4, -0.2) is 70.0 Å². The molecule has 0 spiro atoms. The zero-order valence-corrected chi connectivity index (χ0v) is 36.4. The first-order valence-electron chi connectivity index (χ1n) is 22.0. The van der Waals surface area contributed by atoms with Crippen molar-refractivity contribution in [1.29, 1.82) is 0 Å². The molecule has 0 heterocycles. The number of rotatable bonds is 41. The Morgan fingerprint density at radius 3 is 1.54 bits per heavy atom. The molecular formula is C44H84NO8P. The lowest BCUT2D eigenvalue weighted by Crippen LogP contribution is -2.37. The predicted octanol–water partition coefficient (Wildman–Crippen LogP) is 11.7. The van der Waals surface area contributed by atoms with Gasteiger partial charge in [-0.2, -0.15) is 0 Å². The normalized spacial score (nSPS) is 13.6. The number of hydrogen-bond acceptors (Lipinski definition) is 8. The number of phosphoric ester groups is 1. The molecule has 1 unspecified atom stereocenters. The summed E-state index contributed by atoms with van der Waals surface area (Å²) in [5.74, 6) is -0.858. The van der Waals surface area contributed by atoms with Crippen molar-refractivity contribution in [3.63, 3.8) is 0 Å². The number of esters is 2. The van der Waals surface area contributed by atoms with Crippen LogP contribution in [0.2, 0.25) is 0 Å². The Morgan fingerprint density at radius 1 is 0.611 bits per heavy atom. The van der Waals surface area contributed by atoms with E-state index in [4.69, 9.17) is 18.5 Å². The Balaban J connectivity index is 4.36. The van der Waals surface area contributed by atoms with Crippen LogP contribution in [0.15, 0.2) is 24.8 Å². The summed E-state index contributed by atoms with van der Waals surface area (Å²) in [6, 6.07) is 0. The number of allylic oxidation sites excluding steroid dienone is 3. The van der Waals surface area contributed by atoms with Gasteiger partial charge in [-0.05, 0) is 51.4 Å². The minimum absolute atomic E-state index is 0.0334. The highest BCUT2D eigenvalue weighted by Crippen LogP contribution is 2.38. The third-order valence-electron chi connectivity index (χ3n) is 9.59. The molecule has 0 aliphatic carbocycles. The second-order valence-electron chi connectivity index (χ2n) is 16.1. The van der Waals surface area contributed by atoms with Crippen molar-refractivity contribution in [3.05, 3.63) is 24.8 Å². The predicted molar refractivity (Wildman–Crippen MR) is 222 cm³/mol. The maximum Gasteiger partial charge on any atom is 0.306 e. The molecule has 0 aromatic heterocycles. The van der Waals surface area contributed by atoms with Crippen molar-refractivity contribution in [3.8, 4) is 0 Å². The highest BCUT2D eigenvalue weighted by atomic mass is 31.2. The van der Waals surface area contributed by atoms with Crippen LogP contribution >= 0.6 is 7.82 Å². The average Bonchev–Trinajstić information content (AvgIpc) is 3.12. The van der Waals surface area contributed by atoms with Gasteiger partial charge in [0.1, 0.15) is 19.8 Å². The van der Waals surface area contributed by atoms with Crippen LogP contribution in [-0.2, 0) is 32.7 Å². The van der Waals surface area contributed by atoms with E-state index in [2.05, 4.69) is 25.7 Å². The minimum Gasteiger partial charge on any atom is -0.756 e. The van der Waals surface area contributed by atoms with Gasteiger partial charge in [0.2, 0.25) is 0 Å². The Labute approximate surface area is 332 Å². The van der Waals surface area contributed by atoms with E-state index in [1.165, 1.54) is 122 Å². The van der Waals surface area contributed by atoms with Crippen LogP contribution in [0.25, 0.3) is 0 Å². The molecule has 9 nitrogen and oxygen atoms in total. The number of carbonyl (C=O) groups excluding carboxylic acids is 2. The minimum atomic E-state index is -4.63. The SMILES string of the molecule is C=CCCCCCCCCCCCCCCCC(=O)OC[C@H](COP(=O)([O-])OCC[N+](C)(C)C)OC(=O)CCCC/C=C/CCCCCCCCCCC. The van der Waals surface area contributed by atoms with Gasteiger partial charge in [-0.25, -0.2) is 0 Å². The first-order chi connectivity index (χ1) is 26.0. The standard InChI is InChI=1S/C44H84NO8P/c1-6-8-10-12-14-16-18-20-22-24-26-28-30-32-34-36-43(46)50-40-42(41-52-54(48,49)51-39-38-45(3,4)5)53-44(47)37-35-33-31-29-27-25-23-21-19-17-15-13-11-9-7-2/h6,27,29,42H,1,7-26,28,30-41H2,2-5H3/b29-27+/t42-/m1/s1. The topological polar surface area (TPSA) is 111 Å². The lowest BCUT2D eigenvalue weighted by atomic mass is 10.0. The van der Waals surface area contributed by atoms with Gasteiger partial charge in [0.05, 0.1) is 27.7 Å². The number of nitrogens with zero attached hydrogens (tertiary/aromatic N) is 1. The van der Waals surface area contributed by atoms with Crippen LogP contribution in [0.1, 0.15) is 193 Å². The zero-order chi connectivity index (χ0) is 40.0. The average molecular weight is 786 g/mol. The fourth-order valence-corrected chi connectivity index (χ4v) is 6.83. The molecule has 0 bridgehead atoms. The van der Waals surface area contributed by atoms with Crippen LogP contribution in [0.5, 0.6) is 0 Å². The molecule has 0 aromatic carbocycles. The Hall–Kier alpha value is -1.51. The van der Waals surface area contributed by atoms with Crippen LogP contribution in [0, 0.1) is 0 Å². The van der Waals surface area contributed by atoms with Crippen molar-refractivity contribution >= 4 is 19.8 Å². The van der Waals surface area contributed by atoms with E-state index in [-0.39, 0.29) is 32.0 Å². The van der Waals surface area contributed by atoms with Gasteiger partial charge >= 0.3 is 11.9 Å². The highest BCUT2D eigenvalue weighted by Gasteiger charge is 2.21. The molecule has 0 aliphatic heterocycles. The third-order valence-corrected chi connectivity index (χ3v) is 10.6. The van der Waals surface area contributed by atoms with E-state index >= 15 is 0 Å². The molecule has 0 aromatic rings. The van der Waals surface area contributed by atoms with Crippen molar-refractivity contribution < 1.29 is 42.1 Å². The monoisotopic (exact) mass is 786 g/mol. The van der Waals surface area contributed by atoms with Crippen molar-refractivity contribution in [2.75, 3.05) is 47.5 Å². The number of carbonyl (C=O) groups is 2. The summed E-state index contributed by atoms with van der Waals surface area (Å²) in [5.41, 5.74) is 0. The molecule has 0 amide bonds.